The number of hydrogen-bond acceptors (Lipinski definition) is 3. The Bertz CT molecular complexity index is 944. The highest BCUT2D eigenvalue weighted by Gasteiger charge is 2.14. The summed E-state index contributed by atoms with van der Waals surface area (Å²) in [6, 6.07) is 27.9. The summed E-state index contributed by atoms with van der Waals surface area (Å²) in [5.41, 5.74) is 3.11. The Labute approximate surface area is 182 Å². The molecule has 0 saturated carbocycles. The van der Waals surface area contributed by atoms with Gasteiger partial charge in [-0.25, -0.2) is 0 Å². The molecule has 3 aromatic rings. The topological polar surface area (TPSA) is 49.4 Å². The summed E-state index contributed by atoms with van der Waals surface area (Å²) in [5, 5.41) is 2.75. The molecule has 0 aliphatic carbocycles. The average Bonchev–Trinajstić information content (AvgIpc) is 2.77. The van der Waals surface area contributed by atoms with Gasteiger partial charge in [0.25, 0.3) is 0 Å². The first-order valence-electron chi connectivity index (χ1n) is 9.96. The predicted molar refractivity (Wildman–Crippen MR) is 123 cm³/mol. The molecular formula is C25H26N2O2S. The number of nitrogens with one attached hydrogen (secondary N) is 1. The van der Waals surface area contributed by atoms with E-state index in [2.05, 4.69) is 29.6 Å². The molecule has 0 aliphatic rings. The second-order valence-electron chi connectivity index (χ2n) is 7.03. The fourth-order valence-electron chi connectivity index (χ4n) is 3.08. The number of thioether (sulfide) groups is 1. The van der Waals surface area contributed by atoms with Crippen LogP contribution in [0, 0.1) is 0 Å². The lowest BCUT2D eigenvalue weighted by molar-refractivity contribution is -0.129. The van der Waals surface area contributed by atoms with E-state index in [1.807, 2.05) is 65.6 Å². The van der Waals surface area contributed by atoms with Crippen LogP contribution in [0.1, 0.15) is 18.1 Å². The average molecular weight is 419 g/mol. The highest BCUT2D eigenvalue weighted by atomic mass is 32.2. The summed E-state index contributed by atoms with van der Waals surface area (Å²) in [7, 11) is 0. The number of anilines is 1. The zero-order chi connectivity index (χ0) is 21.2. The van der Waals surface area contributed by atoms with Crippen LogP contribution >= 0.6 is 11.8 Å². The van der Waals surface area contributed by atoms with Crippen LogP contribution in [0.3, 0.4) is 0 Å². The van der Waals surface area contributed by atoms with E-state index in [-0.39, 0.29) is 11.8 Å². The van der Waals surface area contributed by atoms with Crippen molar-refractivity contribution >= 4 is 29.3 Å². The van der Waals surface area contributed by atoms with Crippen molar-refractivity contribution < 1.29 is 9.59 Å². The Morgan fingerprint density at radius 3 is 2.03 bits per heavy atom. The van der Waals surface area contributed by atoms with Crippen LogP contribution in [-0.2, 0) is 22.6 Å². The van der Waals surface area contributed by atoms with Gasteiger partial charge < -0.3 is 10.2 Å². The first kappa shape index (κ1) is 21.7. The molecule has 3 rings (SSSR count). The van der Waals surface area contributed by atoms with Crippen molar-refractivity contribution in [2.75, 3.05) is 17.6 Å². The van der Waals surface area contributed by atoms with Gasteiger partial charge in [-0.2, -0.15) is 0 Å². The van der Waals surface area contributed by atoms with Crippen molar-refractivity contribution in [3.63, 3.8) is 0 Å². The molecule has 5 heteroatoms. The normalized spacial score (nSPS) is 10.4. The quantitative estimate of drug-likeness (QED) is 0.497. The number of amides is 2. The van der Waals surface area contributed by atoms with Crippen LogP contribution in [0.4, 0.5) is 5.69 Å². The van der Waals surface area contributed by atoms with Crippen LogP contribution in [-0.4, -0.2) is 29.0 Å². The Balaban J connectivity index is 1.61. The lowest BCUT2D eigenvalue weighted by Gasteiger charge is -2.23. The lowest BCUT2D eigenvalue weighted by atomic mass is 10.1. The molecule has 3 aromatic carbocycles. The monoisotopic (exact) mass is 418 g/mol. The Kier molecular flexibility index (Phi) is 8.10. The highest BCUT2D eigenvalue weighted by molar-refractivity contribution is 8.00. The fraction of sp³-hybridized carbons (Fsp3) is 0.200. The zero-order valence-electron chi connectivity index (χ0n) is 17.1. The minimum atomic E-state index is -0.0967. The van der Waals surface area contributed by atoms with Gasteiger partial charge in [-0.05, 0) is 41.8 Å². The molecule has 0 aromatic heterocycles. The van der Waals surface area contributed by atoms with Gasteiger partial charge in [0.2, 0.25) is 11.8 Å². The molecule has 1 N–H and O–H groups in total. The van der Waals surface area contributed by atoms with Crippen LogP contribution in [0.5, 0.6) is 0 Å². The molecule has 0 atom stereocenters. The second kappa shape index (κ2) is 11.2. The van der Waals surface area contributed by atoms with Crippen molar-refractivity contribution in [2.45, 2.75) is 24.8 Å². The van der Waals surface area contributed by atoms with E-state index in [0.29, 0.717) is 18.8 Å². The van der Waals surface area contributed by atoms with Crippen molar-refractivity contribution in [1.29, 1.82) is 0 Å². The minimum Gasteiger partial charge on any atom is -0.337 e. The molecule has 0 fully saturated rings. The van der Waals surface area contributed by atoms with Crippen molar-refractivity contribution in [2.24, 2.45) is 0 Å². The molecule has 0 heterocycles. The van der Waals surface area contributed by atoms with E-state index in [9.17, 15) is 9.59 Å². The lowest BCUT2D eigenvalue weighted by Crippen LogP contribution is -2.33. The summed E-state index contributed by atoms with van der Waals surface area (Å²) in [5.74, 6) is 0.396. The van der Waals surface area contributed by atoms with Gasteiger partial charge in [-0.1, -0.05) is 60.7 Å². The van der Waals surface area contributed by atoms with E-state index in [0.717, 1.165) is 22.6 Å². The molecule has 0 unspecified atom stereocenters. The number of carbonyl (C=O) groups is 2. The number of rotatable bonds is 9. The summed E-state index contributed by atoms with van der Waals surface area (Å²) in [6.45, 7) is 2.77. The second-order valence-corrected chi connectivity index (χ2v) is 8.08. The van der Waals surface area contributed by atoms with Crippen LogP contribution < -0.4 is 5.32 Å². The van der Waals surface area contributed by atoms with E-state index < -0.39 is 0 Å². The number of carbonyl (C=O) groups excluding carboxylic acids is 2. The summed E-state index contributed by atoms with van der Waals surface area (Å²) < 4.78 is 0. The van der Waals surface area contributed by atoms with Gasteiger partial charge in [-0.15, -0.1) is 11.8 Å². The Morgan fingerprint density at radius 1 is 0.833 bits per heavy atom. The van der Waals surface area contributed by atoms with Gasteiger partial charge in [0.15, 0.2) is 0 Å². The minimum absolute atomic E-state index is 0.0967. The third-order valence-electron chi connectivity index (χ3n) is 4.62. The Hall–Kier alpha value is -3.05. The SMILES string of the molecule is CC(=O)Nc1ccc(SCC(=O)N(CCc2ccccc2)Cc2ccccc2)cc1. The molecule has 0 spiro atoms. The smallest absolute Gasteiger partial charge is 0.233 e. The maximum Gasteiger partial charge on any atom is 0.233 e. The molecule has 154 valence electrons. The van der Waals surface area contributed by atoms with E-state index in [4.69, 9.17) is 0 Å². The van der Waals surface area contributed by atoms with Gasteiger partial charge in [0.05, 0.1) is 5.75 Å². The molecule has 0 bridgehead atoms. The van der Waals surface area contributed by atoms with Crippen molar-refractivity contribution in [1.82, 2.24) is 4.90 Å². The van der Waals surface area contributed by atoms with Crippen LogP contribution in [0.15, 0.2) is 89.8 Å². The molecule has 0 radical (unpaired) electrons. The predicted octanol–water partition coefficient (Wildman–Crippen LogP) is 5.01. The van der Waals surface area contributed by atoms with Crippen LogP contribution in [0.25, 0.3) is 0 Å². The van der Waals surface area contributed by atoms with E-state index in [1.165, 1.54) is 24.2 Å². The van der Waals surface area contributed by atoms with Gasteiger partial charge in [0, 0.05) is 30.6 Å². The molecule has 30 heavy (non-hydrogen) atoms. The third kappa shape index (κ3) is 7.08. The third-order valence-corrected chi connectivity index (χ3v) is 5.62. The van der Waals surface area contributed by atoms with Gasteiger partial charge in [0.1, 0.15) is 0 Å². The van der Waals surface area contributed by atoms with E-state index in [1.54, 1.807) is 0 Å². The number of hydrogen-bond donors (Lipinski definition) is 1. The molecular weight excluding hydrogens is 392 g/mol. The first-order chi connectivity index (χ1) is 14.6. The van der Waals surface area contributed by atoms with Gasteiger partial charge in [-0.3, -0.25) is 9.59 Å². The molecule has 4 nitrogen and oxygen atoms in total. The largest absolute Gasteiger partial charge is 0.337 e. The molecule has 0 saturated heterocycles. The first-order valence-corrected chi connectivity index (χ1v) is 10.9. The number of nitrogens with zero attached hydrogens (tertiary/aromatic N) is 1. The number of benzene rings is 3. The zero-order valence-corrected chi connectivity index (χ0v) is 17.9. The van der Waals surface area contributed by atoms with Crippen LogP contribution in [0.2, 0.25) is 0 Å². The van der Waals surface area contributed by atoms with Crippen molar-refractivity contribution in [3.05, 3.63) is 96.1 Å². The fourth-order valence-corrected chi connectivity index (χ4v) is 3.88. The molecule has 0 aliphatic heterocycles. The van der Waals surface area contributed by atoms with Crippen molar-refractivity contribution in [3.8, 4) is 0 Å². The maximum atomic E-state index is 13.0. The summed E-state index contributed by atoms with van der Waals surface area (Å²) >= 11 is 1.51. The summed E-state index contributed by atoms with van der Waals surface area (Å²) in [6.07, 6.45) is 0.829. The highest BCUT2D eigenvalue weighted by Crippen LogP contribution is 2.21. The van der Waals surface area contributed by atoms with Gasteiger partial charge >= 0.3 is 0 Å². The summed E-state index contributed by atoms with van der Waals surface area (Å²) in [4.78, 5) is 27.1. The standard InChI is InChI=1S/C25H26N2O2S/c1-20(28)26-23-12-14-24(15-13-23)30-19-25(29)27(18-22-10-6-3-7-11-22)17-16-21-8-4-2-5-9-21/h2-15H,16-19H2,1H3,(H,26,28). The molecule has 2 amide bonds. The van der Waals surface area contributed by atoms with E-state index >= 15 is 0 Å². The maximum absolute atomic E-state index is 13.0. The Morgan fingerprint density at radius 2 is 1.43 bits per heavy atom.